The van der Waals surface area contributed by atoms with E-state index < -0.39 is 5.82 Å². The van der Waals surface area contributed by atoms with Crippen molar-refractivity contribution >= 4 is 28.5 Å². The molecular weight excluding hydrogens is 337 g/mol. The lowest BCUT2D eigenvalue weighted by Crippen LogP contribution is -2.44. The number of nitrogen functional groups attached to an aromatic ring is 1. The van der Waals surface area contributed by atoms with Crippen LogP contribution in [-0.2, 0) is 4.74 Å². The molecule has 136 valence electrons. The molecule has 9 heteroatoms. The number of nitrogens with two attached hydrogens (primary N) is 1. The highest BCUT2D eigenvalue weighted by Crippen LogP contribution is 2.30. The Morgan fingerprint density at radius 1 is 1.35 bits per heavy atom. The first-order chi connectivity index (χ1) is 12.6. The van der Waals surface area contributed by atoms with E-state index in [4.69, 9.17) is 10.5 Å². The molecule has 2 aromatic heterocycles. The Balaban J connectivity index is 1.82. The molecule has 0 unspecified atom stereocenters. The van der Waals surface area contributed by atoms with Crippen LogP contribution in [0.4, 0.5) is 22.0 Å². The van der Waals surface area contributed by atoms with Gasteiger partial charge in [-0.1, -0.05) is 0 Å². The predicted octanol–water partition coefficient (Wildman–Crippen LogP) is 2.01. The molecule has 1 aromatic carbocycles. The number of rotatable bonds is 3. The number of aromatic nitrogens is 4. The molecule has 3 aromatic rings. The first-order valence-corrected chi connectivity index (χ1v) is 8.41. The van der Waals surface area contributed by atoms with E-state index in [1.807, 2.05) is 6.07 Å². The fraction of sp³-hybridized carbons (Fsp3) is 0.353. The molecule has 0 amide bonds. The third-order valence-electron chi connectivity index (χ3n) is 4.54. The monoisotopic (exact) mass is 357 g/mol. The summed E-state index contributed by atoms with van der Waals surface area (Å²) in [4.78, 5) is 11.2. The Bertz CT molecular complexity index is 958. The van der Waals surface area contributed by atoms with Gasteiger partial charge in [0.25, 0.3) is 0 Å². The van der Waals surface area contributed by atoms with E-state index in [0.717, 1.165) is 12.4 Å². The topological polar surface area (TPSA) is 105 Å². The molecule has 1 fully saturated rings. The van der Waals surface area contributed by atoms with Crippen LogP contribution in [0.1, 0.15) is 6.92 Å². The van der Waals surface area contributed by atoms with Crippen molar-refractivity contribution in [3.8, 4) is 11.3 Å². The van der Waals surface area contributed by atoms with Crippen LogP contribution in [0.5, 0.6) is 0 Å². The first-order valence-electron chi connectivity index (χ1n) is 8.41. The van der Waals surface area contributed by atoms with Gasteiger partial charge in [0.15, 0.2) is 5.82 Å². The predicted molar refractivity (Wildman–Crippen MR) is 98.7 cm³/mol. The summed E-state index contributed by atoms with van der Waals surface area (Å²) in [5, 5.41) is 9.89. The molecule has 0 spiro atoms. The lowest BCUT2D eigenvalue weighted by molar-refractivity contribution is 0.0985. The molecule has 0 bridgehead atoms. The highest BCUT2D eigenvalue weighted by atomic mass is 19.1. The van der Waals surface area contributed by atoms with E-state index in [-0.39, 0.29) is 11.9 Å². The van der Waals surface area contributed by atoms with Crippen LogP contribution >= 0.6 is 0 Å². The summed E-state index contributed by atoms with van der Waals surface area (Å²) in [5.74, 6) is 0.959. The number of benzene rings is 1. The number of morpholine rings is 1. The summed E-state index contributed by atoms with van der Waals surface area (Å²) >= 11 is 0. The molecule has 4 N–H and O–H groups in total. The summed E-state index contributed by atoms with van der Waals surface area (Å²) in [6.45, 7) is 4.11. The highest BCUT2D eigenvalue weighted by Gasteiger charge is 2.22. The Kier molecular flexibility index (Phi) is 4.08. The van der Waals surface area contributed by atoms with Crippen molar-refractivity contribution in [3.63, 3.8) is 0 Å². The Morgan fingerprint density at radius 2 is 2.19 bits per heavy atom. The second-order valence-electron chi connectivity index (χ2n) is 6.29. The molecule has 4 rings (SSSR count). The van der Waals surface area contributed by atoms with Crippen molar-refractivity contribution in [2.75, 3.05) is 42.8 Å². The first kappa shape index (κ1) is 16.5. The number of hydrogen-bond acceptors (Lipinski definition) is 7. The number of anilines is 3. The number of aromatic amines is 1. The van der Waals surface area contributed by atoms with Crippen molar-refractivity contribution in [2.24, 2.45) is 0 Å². The van der Waals surface area contributed by atoms with E-state index >= 15 is 0 Å². The number of ether oxygens (including phenoxy) is 1. The standard InChI is InChI=1S/C17H20FN7O/c1-9-8-26-4-3-25(9)14-7-12(21-17(20-2)22-14)10-5-11(18)15-13(6-10)23-24-16(15)19/h5-7,9H,3-4,8H2,1-2H3,(H3,19,23,24)(H,20,21,22)/t9-/m1/s1. The summed E-state index contributed by atoms with van der Waals surface area (Å²) in [5.41, 5.74) is 7.49. The van der Waals surface area contributed by atoms with Crippen LogP contribution in [0.15, 0.2) is 18.2 Å². The van der Waals surface area contributed by atoms with Crippen molar-refractivity contribution in [2.45, 2.75) is 13.0 Å². The van der Waals surface area contributed by atoms with Gasteiger partial charge in [-0.05, 0) is 19.1 Å². The van der Waals surface area contributed by atoms with Crippen LogP contribution in [0, 0.1) is 5.82 Å². The van der Waals surface area contributed by atoms with Gasteiger partial charge in [0.05, 0.1) is 35.9 Å². The zero-order chi connectivity index (χ0) is 18.3. The number of halogens is 1. The van der Waals surface area contributed by atoms with Gasteiger partial charge in [-0.15, -0.1) is 0 Å². The van der Waals surface area contributed by atoms with E-state index in [0.29, 0.717) is 41.3 Å². The molecule has 0 aliphatic carbocycles. The number of fused-ring (bicyclic) bond motifs is 1. The Labute approximate surface area is 149 Å². The van der Waals surface area contributed by atoms with E-state index in [1.54, 1.807) is 13.1 Å². The molecule has 1 aliphatic rings. The summed E-state index contributed by atoms with van der Waals surface area (Å²) in [7, 11) is 1.75. The second-order valence-corrected chi connectivity index (χ2v) is 6.29. The minimum Gasteiger partial charge on any atom is -0.382 e. The largest absolute Gasteiger partial charge is 0.382 e. The van der Waals surface area contributed by atoms with Crippen LogP contribution in [0.2, 0.25) is 0 Å². The SMILES string of the molecule is CNc1nc(-c2cc(F)c3c(N)n[nH]c3c2)cc(N2CCOC[C@H]2C)n1. The maximum absolute atomic E-state index is 14.5. The quantitative estimate of drug-likeness (QED) is 0.658. The average molecular weight is 357 g/mol. The van der Waals surface area contributed by atoms with Gasteiger partial charge in [-0.2, -0.15) is 10.1 Å². The molecule has 1 saturated heterocycles. The van der Waals surface area contributed by atoms with Crippen molar-refractivity contribution < 1.29 is 9.13 Å². The van der Waals surface area contributed by atoms with E-state index in [9.17, 15) is 4.39 Å². The van der Waals surface area contributed by atoms with E-state index in [1.165, 1.54) is 6.07 Å². The lowest BCUT2D eigenvalue weighted by Gasteiger charge is -2.34. The number of H-pyrrole nitrogens is 1. The Hall–Kier alpha value is -2.94. The lowest BCUT2D eigenvalue weighted by atomic mass is 10.1. The normalized spacial score (nSPS) is 17.7. The second kappa shape index (κ2) is 6.41. The van der Waals surface area contributed by atoms with Gasteiger partial charge in [0.1, 0.15) is 11.6 Å². The summed E-state index contributed by atoms with van der Waals surface area (Å²) in [6, 6.07) is 5.27. The molecule has 1 aliphatic heterocycles. The van der Waals surface area contributed by atoms with Gasteiger partial charge in [-0.25, -0.2) is 9.37 Å². The maximum Gasteiger partial charge on any atom is 0.224 e. The number of hydrogen-bond donors (Lipinski definition) is 3. The van der Waals surface area contributed by atoms with Gasteiger partial charge < -0.3 is 20.7 Å². The van der Waals surface area contributed by atoms with E-state index in [2.05, 4.69) is 37.3 Å². The van der Waals surface area contributed by atoms with Gasteiger partial charge in [0.2, 0.25) is 5.95 Å². The summed E-state index contributed by atoms with van der Waals surface area (Å²) < 4.78 is 20.0. The molecular formula is C17H20FN7O. The van der Waals surface area contributed by atoms with Crippen molar-refractivity contribution in [1.29, 1.82) is 0 Å². The fourth-order valence-electron chi connectivity index (χ4n) is 3.19. The average Bonchev–Trinajstić information content (AvgIpc) is 3.03. The Morgan fingerprint density at radius 3 is 2.96 bits per heavy atom. The van der Waals surface area contributed by atoms with Crippen molar-refractivity contribution in [3.05, 3.63) is 24.0 Å². The molecule has 1 atom stereocenters. The van der Waals surface area contributed by atoms with Crippen molar-refractivity contribution in [1.82, 2.24) is 20.2 Å². The minimum absolute atomic E-state index is 0.144. The van der Waals surface area contributed by atoms with Crippen LogP contribution in [-0.4, -0.2) is 53.0 Å². The maximum atomic E-state index is 14.5. The highest BCUT2D eigenvalue weighted by molar-refractivity contribution is 5.92. The molecule has 0 saturated carbocycles. The molecule has 0 radical (unpaired) electrons. The number of nitrogens with zero attached hydrogens (tertiary/aromatic N) is 4. The van der Waals surface area contributed by atoms with Crippen LogP contribution < -0.4 is 16.0 Å². The molecule has 3 heterocycles. The minimum atomic E-state index is -0.435. The zero-order valence-electron chi connectivity index (χ0n) is 14.6. The third kappa shape index (κ3) is 2.80. The number of nitrogens with one attached hydrogen (secondary N) is 2. The fourth-order valence-corrected chi connectivity index (χ4v) is 3.19. The molecule has 26 heavy (non-hydrogen) atoms. The smallest absolute Gasteiger partial charge is 0.224 e. The summed E-state index contributed by atoms with van der Waals surface area (Å²) in [6.07, 6.45) is 0. The van der Waals surface area contributed by atoms with Gasteiger partial charge in [-0.3, -0.25) is 5.10 Å². The van der Waals surface area contributed by atoms with Gasteiger partial charge in [0, 0.05) is 25.2 Å². The zero-order valence-corrected chi connectivity index (χ0v) is 14.6. The molecule has 8 nitrogen and oxygen atoms in total. The van der Waals surface area contributed by atoms with Gasteiger partial charge >= 0.3 is 0 Å². The third-order valence-corrected chi connectivity index (χ3v) is 4.54. The van der Waals surface area contributed by atoms with Crippen LogP contribution in [0.3, 0.4) is 0 Å². The van der Waals surface area contributed by atoms with Crippen LogP contribution in [0.25, 0.3) is 22.2 Å².